The van der Waals surface area contributed by atoms with Gasteiger partial charge in [0.05, 0.1) is 18.2 Å². The van der Waals surface area contributed by atoms with Gasteiger partial charge in [-0.3, -0.25) is 0 Å². The van der Waals surface area contributed by atoms with Crippen LogP contribution in [0.15, 0.2) is 41.8 Å². The Labute approximate surface area is 110 Å². The molecule has 0 aliphatic carbocycles. The third kappa shape index (κ3) is 2.32. The summed E-state index contributed by atoms with van der Waals surface area (Å²) >= 11 is 1.47. The molecule has 1 aromatic heterocycles. The first-order valence-electron chi connectivity index (χ1n) is 5.39. The van der Waals surface area contributed by atoms with Crippen molar-refractivity contribution in [3.8, 4) is 6.07 Å². The summed E-state index contributed by atoms with van der Waals surface area (Å²) in [6, 6.07) is 13.6. The summed E-state index contributed by atoms with van der Waals surface area (Å²) < 4.78 is 0. The number of nitrogens with zero attached hydrogens (tertiary/aromatic N) is 2. The normalized spacial score (nSPS) is 11.3. The molecule has 1 aromatic carbocycles. The van der Waals surface area contributed by atoms with Crippen molar-refractivity contribution < 1.29 is 0 Å². The first-order valence-corrected chi connectivity index (χ1v) is 6.27. The minimum absolute atomic E-state index is 0.417. The maximum atomic E-state index is 9.27. The highest BCUT2D eigenvalue weighted by molar-refractivity contribution is 7.11. The lowest BCUT2D eigenvalue weighted by Gasteiger charge is -2.02. The van der Waals surface area contributed by atoms with Gasteiger partial charge in [-0.2, -0.15) is 5.26 Å². The first kappa shape index (κ1) is 12.1. The second kappa shape index (κ2) is 5.31. The average Bonchev–Trinajstić information content (AvgIpc) is 2.91. The zero-order chi connectivity index (χ0) is 13.0. The molecule has 0 radical (unpaired) electrons. The van der Waals surface area contributed by atoms with Crippen molar-refractivity contribution in [3.63, 3.8) is 0 Å². The number of rotatable bonds is 2. The van der Waals surface area contributed by atoms with Gasteiger partial charge in [-0.05, 0) is 23.9 Å². The third-order valence-electron chi connectivity index (χ3n) is 2.55. The largest absolute Gasteiger partial charge is 0.236 e. The molecule has 0 atom stereocenters. The fraction of sp³-hybridized carbons (Fsp3) is 0.0667. The van der Waals surface area contributed by atoms with Crippen LogP contribution in [0.4, 0.5) is 0 Å². The van der Waals surface area contributed by atoms with Crippen molar-refractivity contribution in [1.82, 2.24) is 0 Å². The van der Waals surface area contributed by atoms with Gasteiger partial charge in [0.15, 0.2) is 0 Å². The molecule has 0 amide bonds. The first-order chi connectivity index (χ1) is 8.76. The van der Waals surface area contributed by atoms with Crippen molar-refractivity contribution in [1.29, 1.82) is 5.26 Å². The molecule has 0 spiro atoms. The van der Waals surface area contributed by atoms with Crippen molar-refractivity contribution in [2.24, 2.45) is 0 Å². The molecule has 0 fully saturated rings. The van der Waals surface area contributed by atoms with Crippen LogP contribution in [0, 0.1) is 24.8 Å². The van der Waals surface area contributed by atoms with Gasteiger partial charge in [0.2, 0.25) is 5.70 Å². The maximum Gasteiger partial charge on any atom is 0.213 e. The topological polar surface area (TPSA) is 28.1 Å². The van der Waals surface area contributed by atoms with E-state index in [1.165, 1.54) is 11.3 Å². The van der Waals surface area contributed by atoms with E-state index in [2.05, 4.69) is 10.9 Å². The van der Waals surface area contributed by atoms with Crippen LogP contribution >= 0.6 is 11.3 Å². The lowest BCUT2D eigenvalue weighted by molar-refractivity contribution is 1.45. The average molecular weight is 250 g/mol. The third-order valence-corrected chi connectivity index (χ3v) is 3.44. The number of allylic oxidation sites excluding steroid dienone is 1. The second-order valence-electron chi connectivity index (χ2n) is 3.79. The summed E-state index contributed by atoms with van der Waals surface area (Å²) in [5.74, 6) is 0. The van der Waals surface area contributed by atoms with Gasteiger partial charge in [0, 0.05) is 4.88 Å². The van der Waals surface area contributed by atoms with E-state index in [0.29, 0.717) is 11.3 Å². The molecule has 0 bridgehead atoms. The Morgan fingerprint density at radius 1 is 1.28 bits per heavy atom. The van der Waals surface area contributed by atoms with Crippen LogP contribution in [-0.4, -0.2) is 0 Å². The van der Waals surface area contributed by atoms with E-state index >= 15 is 0 Å². The number of hydrogen-bond acceptors (Lipinski definition) is 2. The molecule has 0 saturated carbocycles. The highest BCUT2D eigenvalue weighted by Crippen LogP contribution is 2.29. The van der Waals surface area contributed by atoms with Crippen LogP contribution in [0.25, 0.3) is 16.1 Å². The predicted octanol–water partition coefficient (Wildman–Crippen LogP) is 4.37. The van der Waals surface area contributed by atoms with Gasteiger partial charge in [-0.1, -0.05) is 35.9 Å². The molecule has 0 N–H and O–H groups in total. The highest BCUT2D eigenvalue weighted by Gasteiger charge is 2.12. The van der Waals surface area contributed by atoms with Crippen molar-refractivity contribution >= 4 is 22.6 Å². The summed E-state index contributed by atoms with van der Waals surface area (Å²) in [6.45, 7) is 9.30. The van der Waals surface area contributed by atoms with E-state index in [1.54, 1.807) is 0 Å². The van der Waals surface area contributed by atoms with E-state index in [9.17, 15) is 5.26 Å². The van der Waals surface area contributed by atoms with Gasteiger partial charge in [-0.15, -0.1) is 11.3 Å². The molecule has 3 heteroatoms. The summed E-state index contributed by atoms with van der Waals surface area (Å²) in [6.07, 6.45) is 0. The Morgan fingerprint density at radius 2 is 2.00 bits per heavy atom. The molecule has 86 valence electrons. The van der Waals surface area contributed by atoms with Crippen LogP contribution in [0.3, 0.4) is 0 Å². The molecule has 1 heterocycles. The van der Waals surface area contributed by atoms with Crippen molar-refractivity contribution in [3.05, 3.63) is 69.2 Å². The van der Waals surface area contributed by atoms with Crippen LogP contribution in [0.2, 0.25) is 0 Å². The van der Waals surface area contributed by atoms with Gasteiger partial charge in [0.1, 0.15) is 0 Å². The Bertz CT molecular complexity index is 650. The quantitative estimate of drug-likeness (QED) is 0.574. The Hall–Kier alpha value is -2.36. The van der Waals surface area contributed by atoms with E-state index in [1.807, 2.05) is 48.7 Å². The number of benzene rings is 1. The van der Waals surface area contributed by atoms with E-state index in [4.69, 9.17) is 6.57 Å². The molecule has 2 rings (SSSR count). The molecule has 0 saturated heterocycles. The Kier molecular flexibility index (Phi) is 3.57. The van der Waals surface area contributed by atoms with E-state index in [0.717, 1.165) is 16.0 Å². The Morgan fingerprint density at radius 3 is 2.50 bits per heavy atom. The van der Waals surface area contributed by atoms with Crippen LogP contribution < -0.4 is 0 Å². The molecule has 0 unspecified atom stereocenters. The predicted molar refractivity (Wildman–Crippen MR) is 74.5 cm³/mol. The fourth-order valence-electron chi connectivity index (χ4n) is 1.62. The molecule has 18 heavy (non-hydrogen) atoms. The fourth-order valence-corrected chi connectivity index (χ4v) is 2.34. The molecule has 0 aliphatic rings. The Balaban J connectivity index is 2.60. The SMILES string of the molecule is [C-]#[N+]C(=C(C#N)c1cccs1)c1ccc(C)cc1. The number of aryl methyl sites for hydroxylation is 1. The maximum absolute atomic E-state index is 9.27. The molecular weight excluding hydrogens is 240 g/mol. The smallest absolute Gasteiger partial charge is 0.213 e. The summed E-state index contributed by atoms with van der Waals surface area (Å²) in [5, 5.41) is 11.2. The lowest BCUT2D eigenvalue weighted by Crippen LogP contribution is -1.85. The summed E-state index contributed by atoms with van der Waals surface area (Å²) in [5.41, 5.74) is 2.79. The number of nitriles is 1. The second-order valence-corrected chi connectivity index (χ2v) is 4.74. The number of thiophene rings is 1. The summed E-state index contributed by atoms with van der Waals surface area (Å²) in [4.78, 5) is 4.37. The van der Waals surface area contributed by atoms with E-state index < -0.39 is 0 Å². The summed E-state index contributed by atoms with van der Waals surface area (Å²) in [7, 11) is 0. The van der Waals surface area contributed by atoms with E-state index in [-0.39, 0.29) is 0 Å². The minimum atomic E-state index is 0.417. The van der Waals surface area contributed by atoms with Crippen LogP contribution in [0.1, 0.15) is 16.0 Å². The van der Waals surface area contributed by atoms with Crippen LogP contribution in [0.5, 0.6) is 0 Å². The van der Waals surface area contributed by atoms with Gasteiger partial charge < -0.3 is 0 Å². The van der Waals surface area contributed by atoms with Crippen LogP contribution in [-0.2, 0) is 0 Å². The standard InChI is InChI=1S/C15H10N2S/c1-11-5-7-12(8-6-11)15(17-2)13(10-16)14-4-3-9-18-14/h3-9H,1H3. The minimum Gasteiger partial charge on any atom is -0.236 e. The lowest BCUT2D eigenvalue weighted by atomic mass is 10.0. The number of hydrogen-bond donors (Lipinski definition) is 0. The molecule has 2 aromatic rings. The monoisotopic (exact) mass is 250 g/mol. The molecular formula is C15H10N2S. The highest BCUT2D eigenvalue weighted by atomic mass is 32.1. The van der Waals surface area contributed by atoms with Crippen molar-refractivity contribution in [2.75, 3.05) is 0 Å². The van der Waals surface area contributed by atoms with Gasteiger partial charge in [-0.25, -0.2) is 4.85 Å². The molecule has 2 nitrogen and oxygen atoms in total. The van der Waals surface area contributed by atoms with Crippen molar-refractivity contribution in [2.45, 2.75) is 6.92 Å². The zero-order valence-corrected chi connectivity index (χ0v) is 10.7. The van der Waals surface area contributed by atoms with Gasteiger partial charge in [0.25, 0.3) is 0 Å². The molecule has 0 aliphatic heterocycles. The van der Waals surface area contributed by atoms with Gasteiger partial charge >= 0.3 is 0 Å². The zero-order valence-electron chi connectivity index (χ0n) is 9.84.